The van der Waals surface area contributed by atoms with Gasteiger partial charge in [-0.1, -0.05) is 79.9 Å². The van der Waals surface area contributed by atoms with Gasteiger partial charge < -0.3 is 5.32 Å². The van der Waals surface area contributed by atoms with Crippen LogP contribution in [0.3, 0.4) is 0 Å². The van der Waals surface area contributed by atoms with Crippen molar-refractivity contribution in [2.45, 2.75) is 37.6 Å². The molecule has 2 aliphatic heterocycles. The maximum absolute atomic E-state index is 13.7. The number of hydrazine groups is 1. The lowest BCUT2D eigenvalue weighted by Gasteiger charge is -2.41. The van der Waals surface area contributed by atoms with Crippen molar-refractivity contribution in [3.8, 4) is 0 Å². The highest BCUT2D eigenvalue weighted by atomic mass is 16.2. The van der Waals surface area contributed by atoms with Crippen molar-refractivity contribution in [2.24, 2.45) is 11.8 Å². The van der Waals surface area contributed by atoms with Crippen LogP contribution in [0.1, 0.15) is 43.2 Å². The Hall–Kier alpha value is -3.19. The number of fused-ring (bicyclic) bond motifs is 1. The van der Waals surface area contributed by atoms with Crippen molar-refractivity contribution in [2.75, 3.05) is 19.6 Å². The van der Waals surface area contributed by atoms with Gasteiger partial charge in [-0.05, 0) is 42.3 Å². The Morgan fingerprint density at radius 3 is 2.15 bits per heavy atom. The molecule has 2 unspecified atom stereocenters. The van der Waals surface area contributed by atoms with E-state index in [1.807, 2.05) is 60.7 Å². The SMILES string of the molecule is O=C(CN1CCC2CCCCC2C1)NN1C(=O)NC(c2ccccc2)(c2ccccc2)C1=O. The van der Waals surface area contributed by atoms with Crippen molar-refractivity contribution in [1.82, 2.24) is 20.7 Å². The molecule has 2 atom stereocenters. The number of imide groups is 1. The van der Waals surface area contributed by atoms with Crippen LogP contribution >= 0.6 is 0 Å². The topological polar surface area (TPSA) is 81.8 Å². The first-order valence-electron chi connectivity index (χ1n) is 11.9. The second-order valence-corrected chi connectivity index (χ2v) is 9.42. The standard InChI is InChI=1S/C26H30N4O3/c31-23(18-29-16-15-19-9-7-8-10-20(19)17-29)28-30-24(32)26(27-25(30)33,21-11-3-1-4-12-21)22-13-5-2-6-14-22/h1-6,11-14,19-20H,7-10,15-18H2,(H,27,33)(H,28,31). The van der Waals surface area contributed by atoms with Crippen LogP contribution in [0.2, 0.25) is 0 Å². The maximum Gasteiger partial charge on any atom is 0.344 e. The molecule has 2 N–H and O–H groups in total. The zero-order valence-corrected chi connectivity index (χ0v) is 18.7. The first-order valence-corrected chi connectivity index (χ1v) is 11.9. The summed E-state index contributed by atoms with van der Waals surface area (Å²) < 4.78 is 0. The molecule has 7 heteroatoms. The third-order valence-electron chi connectivity index (χ3n) is 7.41. The Morgan fingerprint density at radius 1 is 0.909 bits per heavy atom. The van der Waals surface area contributed by atoms with E-state index in [0.29, 0.717) is 17.0 Å². The minimum Gasteiger partial charge on any atom is -0.314 e. The van der Waals surface area contributed by atoms with E-state index in [1.165, 1.54) is 25.7 Å². The third-order valence-corrected chi connectivity index (χ3v) is 7.41. The number of likely N-dealkylation sites (tertiary alicyclic amines) is 1. The van der Waals surface area contributed by atoms with E-state index in [0.717, 1.165) is 30.4 Å². The lowest BCUT2D eigenvalue weighted by molar-refractivity contribution is -0.139. The first kappa shape index (κ1) is 21.6. The van der Waals surface area contributed by atoms with Crippen LogP contribution in [0.5, 0.6) is 0 Å². The van der Waals surface area contributed by atoms with Gasteiger partial charge in [0.25, 0.3) is 11.8 Å². The minimum atomic E-state index is -1.38. The van der Waals surface area contributed by atoms with Crippen LogP contribution < -0.4 is 10.7 Å². The van der Waals surface area contributed by atoms with Gasteiger partial charge in [-0.2, -0.15) is 5.01 Å². The highest BCUT2D eigenvalue weighted by Gasteiger charge is 2.54. The Bertz CT molecular complexity index is 987. The number of carbonyl (C=O) groups excluding carboxylic acids is 3. The maximum atomic E-state index is 13.7. The Kier molecular flexibility index (Phi) is 5.89. The summed E-state index contributed by atoms with van der Waals surface area (Å²) in [5.41, 5.74) is 2.49. The Labute approximate surface area is 194 Å². The fraction of sp³-hybridized carbons (Fsp3) is 0.423. The molecule has 2 aromatic carbocycles. The molecule has 1 saturated carbocycles. The summed E-state index contributed by atoms with van der Waals surface area (Å²) in [4.78, 5) is 41.6. The lowest BCUT2D eigenvalue weighted by Crippen LogP contribution is -2.52. The van der Waals surface area contributed by atoms with E-state index in [-0.39, 0.29) is 12.5 Å². The van der Waals surface area contributed by atoms with E-state index in [4.69, 9.17) is 0 Å². The predicted molar refractivity (Wildman–Crippen MR) is 124 cm³/mol. The number of urea groups is 1. The molecule has 5 rings (SSSR count). The molecule has 2 saturated heterocycles. The molecular formula is C26H30N4O3. The molecule has 0 bridgehead atoms. The van der Waals surface area contributed by atoms with Gasteiger partial charge in [-0.15, -0.1) is 0 Å². The molecule has 0 radical (unpaired) electrons. The van der Waals surface area contributed by atoms with E-state index in [1.54, 1.807) is 0 Å². The van der Waals surface area contributed by atoms with E-state index >= 15 is 0 Å². The van der Waals surface area contributed by atoms with Crippen LogP contribution in [0, 0.1) is 11.8 Å². The molecular weight excluding hydrogens is 416 g/mol. The average Bonchev–Trinajstić information content (AvgIpc) is 3.10. The van der Waals surface area contributed by atoms with Crippen LogP contribution in [0.15, 0.2) is 60.7 Å². The van der Waals surface area contributed by atoms with Gasteiger partial charge in [0.2, 0.25) is 0 Å². The fourth-order valence-electron chi connectivity index (χ4n) is 5.75. The van der Waals surface area contributed by atoms with Crippen molar-refractivity contribution >= 4 is 17.8 Å². The molecule has 7 nitrogen and oxygen atoms in total. The minimum absolute atomic E-state index is 0.184. The van der Waals surface area contributed by atoms with Crippen LogP contribution in [0.25, 0.3) is 0 Å². The van der Waals surface area contributed by atoms with Crippen molar-refractivity contribution in [3.63, 3.8) is 0 Å². The fourth-order valence-corrected chi connectivity index (χ4v) is 5.75. The molecule has 2 heterocycles. The molecule has 172 valence electrons. The zero-order chi connectivity index (χ0) is 22.8. The number of hydrogen-bond donors (Lipinski definition) is 2. The molecule has 33 heavy (non-hydrogen) atoms. The van der Waals surface area contributed by atoms with E-state index < -0.39 is 17.5 Å². The highest BCUT2D eigenvalue weighted by Crippen LogP contribution is 2.37. The van der Waals surface area contributed by atoms with Crippen molar-refractivity contribution in [1.29, 1.82) is 0 Å². The van der Waals surface area contributed by atoms with Gasteiger partial charge in [0.15, 0.2) is 5.54 Å². The monoisotopic (exact) mass is 446 g/mol. The van der Waals surface area contributed by atoms with Gasteiger partial charge in [0.1, 0.15) is 0 Å². The van der Waals surface area contributed by atoms with E-state index in [2.05, 4.69) is 15.6 Å². The molecule has 4 amide bonds. The number of piperidine rings is 1. The van der Waals surface area contributed by atoms with Crippen molar-refractivity contribution in [3.05, 3.63) is 71.8 Å². The summed E-state index contributed by atoms with van der Waals surface area (Å²) >= 11 is 0. The van der Waals surface area contributed by atoms with Gasteiger partial charge in [0.05, 0.1) is 6.54 Å². The van der Waals surface area contributed by atoms with E-state index in [9.17, 15) is 14.4 Å². The zero-order valence-electron chi connectivity index (χ0n) is 18.7. The smallest absolute Gasteiger partial charge is 0.314 e. The highest BCUT2D eigenvalue weighted by molar-refractivity contribution is 6.10. The molecule has 2 aromatic rings. The molecule has 3 aliphatic rings. The van der Waals surface area contributed by atoms with Crippen LogP contribution in [-0.2, 0) is 15.1 Å². The van der Waals surface area contributed by atoms with Gasteiger partial charge in [-0.25, -0.2) is 4.79 Å². The summed E-state index contributed by atoms with van der Waals surface area (Å²) in [5.74, 6) is 0.580. The van der Waals surface area contributed by atoms with Crippen LogP contribution in [0.4, 0.5) is 4.79 Å². The number of hydrogen-bond acceptors (Lipinski definition) is 4. The first-order chi connectivity index (χ1) is 16.1. The third kappa shape index (κ3) is 4.02. The molecule has 1 aliphatic carbocycles. The molecule has 0 spiro atoms. The number of amides is 4. The van der Waals surface area contributed by atoms with Gasteiger partial charge in [-0.3, -0.25) is 19.9 Å². The number of rotatable bonds is 5. The normalized spacial score (nSPS) is 24.8. The predicted octanol–water partition coefficient (Wildman–Crippen LogP) is 3.03. The number of nitrogens with one attached hydrogen (secondary N) is 2. The number of benzene rings is 2. The molecule has 3 fully saturated rings. The Balaban J connectivity index is 1.33. The average molecular weight is 447 g/mol. The summed E-state index contributed by atoms with van der Waals surface area (Å²) in [5, 5.41) is 3.70. The number of nitrogens with zero attached hydrogens (tertiary/aromatic N) is 2. The Morgan fingerprint density at radius 2 is 1.52 bits per heavy atom. The van der Waals surface area contributed by atoms with Gasteiger partial charge >= 0.3 is 6.03 Å². The number of carbonyl (C=O) groups is 3. The summed E-state index contributed by atoms with van der Waals surface area (Å²) in [6.07, 6.45) is 6.23. The second-order valence-electron chi connectivity index (χ2n) is 9.42. The summed E-state index contributed by atoms with van der Waals surface area (Å²) in [7, 11) is 0. The van der Waals surface area contributed by atoms with Gasteiger partial charge in [0, 0.05) is 6.54 Å². The second kappa shape index (κ2) is 8.98. The quantitative estimate of drug-likeness (QED) is 0.692. The summed E-state index contributed by atoms with van der Waals surface area (Å²) in [6.45, 7) is 1.98. The largest absolute Gasteiger partial charge is 0.344 e. The summed E-state index contributed by atoms with van der Waals surface area (Å²) in [6, 6.07) is 17.6. The molecule has 0 aromatic heterocycles. The lowest BCUT2D eigenvalue weighted by atomic mass is 9.75. The van der Waals surface area contributed by atoms with Crippen LogP contribution in [-0.4, -0.2) is 47.4 Å². The van der Waals surface area contributed by atoms with Crippen molar-refractivity contribution < 1.29 is 14.4 Å².